The molecule has 2 aromatic carbocycles. The molecule has 28 heavy (non-hydrogen) atoms. The van der Waals surface area contributed by atoms with Gasteiger partial charge in [0.2, 0.25) is 0 Å². The number of rotatable bonds is 8. The van der Waals surface area contributed by atoms with Gasteiger partial charge in [0.25, 0.3) is 5.91 Å². The first-order valence-corrected chi connectivity index (χ1v) is 8.62. The number of benzene rings is 2. The van der Waals surface area contributed by atoms with Crippen molar-refractivity contribution in [2.24, 2.45) is 0 Å². The largest absolute Gasteiger partial charge is 0.497 e. The molecule has 2 rings (SSSR count). The fraction of sp³-hybridized carbons (Fsp3) is 0.190. The number of anilines is 1. The van der Waals surface area contributed by atoms with Gasteiger partial charge in [0.1, 0.15) is 17.4 Å². The molecule has 144 valence electrons. The number of ether oxygens (including phenoxy) is 2. The van der Waals surface area contributed by atoms with Crippen LogP contribution >= 0.6 is 0 Å². The second kappa shape index (κ2) is 10.4. The first-order valence-electron chi connectivity index (χ1n) is 8.62. The smallest absolute Gasteiger partial charge is 0.338 e. The van der Waals surface area contributed by atoms with Gasteiger partial charge in [-0.25, -0.2) is 4.79 Å². The Morgan fingerprint density at radius 1 is 1.11 bits per heavy atom. The Morgan fingerprint density at radius 3 is 2.36 bits per heavy atom. The van der Waals surface area contributed by atoms with Crippen LogP contribution < -0.4 is 15.4 Å². The summed E-state index contributed by atoms with van der Waals surface area (Å²) in [6, 6.07) is 15.5. The highest BCUT2D eigenvalue weighted by molar-refractivity contribution is 6.06. The van der Waals surface area contributed by atoms with E-state index < -0.39 is 5.91 Å². The summed E-state index contributed by atoms with van der Waals surface area (Å²) in [6.07, 6.45) is 1.36. The molecule has 0 aliphatic heterocycles. The lowest BCUT2D eigenvalue weighted by Crippen LogP contribution is -2.16. The molecule has 0 aromatic heterocycles. The zero-order valence-electron chi connectivity index (χ0n) is 15.7. The minimum Gasteiger partial charge on any atom is -0.497 e. The predicted octanol–water partition coefficient (Wildman–Crippen LogP) is 3.01. The quantitative estimate of drug-likeness (QED) is 0.415. The fourth-order valence-electron chi connectivity index (χ4n) is 2.27. The summed E-state index contributed by atoms with van der Waals surface area (Å²) in [4.78, 5) is 23.8. The SMILES string of the molecule is CCOC(=O)c1ccc(CN/C=C(/C#N)C(=O)Nc2ccc(OC)cc2)cc1. The lowest BCUT2D eigenvalue weighted by molar-refractivity contribution is -0.112. The molecule has 2 N–H and O–H groups in total. The second-order valence-corrected chi connectivity index (χ2v) is 5.65. The van der Waals surface area contributed by atoms with E-state index in [2.05, 4.69) is 10.6 Å². The maximum atomic E-state index is 12.2. The molecule has 7 heteroatoms. The number of hydrogen-bond acceptors (Lipinski definition) is 6. The molecule has 0 aliphatic carbocycles. The number of carbonyl (C=O) groups excluding carboxylic acids is 2. The van der Waals surface area contributed by atoms with Crippen molar-refractivity contribution in [2.45, 2.75) is 13.5 Å². The van der Waals surface area contributed by atoms with Gasteiger partial charge in [-0.05, 0) is 48.9 Å². The molecule has 0 aliphatic rings. The van der Waals surface area contributed by atoms with E-state index in [9.17, 15) is 14.9 Å². The van der Waals surface area contributed by atoms with Crippen molar-refractivity contribution in [1.82, 2.24) is 5.32 Å². The Morgan fingerprint density at radius 2 is 1.79 bits per heavy atom. The van der Waals surface area contributed by atoms with E-state index in [-0.39, 0.29) is 11.5 Å². The van der Waals surface area contributed by atoms with Crippen LogP contribution in [0.4, 0.5) is 5.69 Å². The molecule has 0 saturated carbocycles. The van der Waals surface area contributed by atoms with Crippen molar-refractivity contribution in [3.8, 4) is 11.8 Å². The molecule has 0 unspecified atom stereocenters. The first kappa shape index (κ1) is 20.5. The number of amides is 1. The zero-order chi connectivity index (χ0) is 20.4. The maximum absolute atomic E-state index is 12.2. The van der Waals surface area contributed by atoms with Crippen LogP contribution in [0.25, 0.3) is 0 Å². The molecule has 7 nitrogen and oxygen atoms in total. The highest BCUT2D eigenvalue weighted by Gasteiger charge is 2.09. The Hall–Kier alpha value is -3.79. The van der Waals surface area contributed by atoms with E-state index in [1.54, 1.807) is 62.6 Å². The lowest BCUT2D eigenvalue weighted by Gasteiger charge is -2.07. The van der Waals surface area contributed by atoms with Crippen LogP contribution in [0.1, 0.15) is 22.8 Å². The molecular weight excluding hydrogens is 358 g/mol. The minimum atomic E-state index is -0.516. The standard InChI is InChI=1S/C21H21N3O4/c1-3-28-21(26)16-6-4-15(5-7-16)13-23-14-17(12-22)20(25)24-18-8-10-19(27-2)11-9-18/h4-11,14,23H,3,13H2,1-2H3,(H,24,25)/b17-14-. The third-order valence-corrected chi connectivity index (χ3v) is 3.73. The monoisotopic (exact) mass is 379 g/mol. The van der Waals surface area contributed by atoms with E-state index in [1.807, 2.05) is 6.07 Å². The van der Waals surface area contributed by atoms with Crippen LogP contribution in [0.5, 0.6) is 5.75 Å². The molecule has 0 saturated heterocycles. The number of nitriles is 1. The summed E-state index contributed by atoms with van der Waals surface area (Å²) in [5, 5.41) is 14.8. The minimum absolute atomic E-state index is 0.0565. The third kappa shape index (κ3) is 5.88. The summed E-state index contributed by atoms with van der Waals surface area (Å²) < 4.78 is 9.99. The zero-order valence-corrected chi connectivity index (χ0v) is 15.7. The second-order valence-electron chi connectivity index (χ2n) is 5.65. The molecule has 0 atom stereocenters. The summed E-state index contributed by atoms with van der Waals surface area (Å²) in [6.45, 7) is 2.46. The number of hydrogen-bond donors (Lipinski definition) is 2. The average molecular weight is 379 g/mol. The van der Waals surface area contributed by atoms with Crippen molar-refractivity contribution in [3.05, 3.63) is 71.4 Å². The number of carbonyl (C=O) groups is 2. The van der Waals surface area contributed by atoms with Crippen molar-refractivity contribution < 1.29 is 19.1 Å². The third-order valence-electron chi connectivity index (χ3n) is 3.73. The molecular formula is C21H21N3O4. The van der Waals surface area contributed by atoms with Crippen LogP contribution in [0.3, 0.4) is 0 Å². The maximum Gasteiger partial charge on any atom is 0.338 e. The summed E-state index contributed by atoms with van der Waals surface area (Å²) in [7, 11) is 1.56. The fourth-order valence-corrected chi connectivity index (χ4v) is 2.27. The Balaban J connectivity index is 1.92. The van der Waals surface area contributed by atoms with Gasteiger partial charge < -0.3 is 20.1 Å². The number of nitrogens with zero attached hydrogens (tertiary/aromatic N) is 1. The number of esters is 1. The van der Waals surface area contributed by atoms with Crippen molar-refractivity contribution in [3.63, 3.8) is 0 Å². The molecule has 1 amide bonds. The molecule has 0 radical (unpaired) electrons. The van der Waals surface area contributed by atoms with Gasteiger partial charge in [-0.2, -0.15) is 5.26 Å². The summed E-state index contributed by atoms with van der Waals surface area (Å²) in [5.74, 6) is -0.216. The predicted molar refractivity (Wildman–Crippen MR) is 105 cm³/mol. The average Bonchev–Trinajstić information content (AvgIpc) is 2.72. The van der Waals surface area contributed by atoms with Crippen LogP contribution in [0, 0.1) is 11.3 Å². The van der Waals surface area contributed by atoms with Gasteiger partial charge in [-0.1, -0.05) is 12.1 Å². The summed E-state index contributed by atoms with van der Waals surface area (Å²) in [5.41, 5.74) is 1.86. The summed E-state index contributed by atoms with van der Waals surface area (Å²) >= 11 is 0. The van der Waals surface area contributed by atoms with E-state index in [4.69, 9.17) is 9.47 Å². The van der Waals surface area contributed by atoms with Gasteiger partial charge in [0.05, 0.1) is 19.3 Å². The first-order chi connectivity index (χ1) is 13.6. The molecule has 0 bridgehead atoms. The molecule has 0 fully saturated rings. The van der Waals surface area contributed by atoms with Gasteiger partial charge in [0.15, 0.2) is 0 Å². The van der Waals surface area contributed by atoms with E-state index >= 15 is 0 Å². The van der Waals surface area contributed by atoms with E-state index in [0.717, 1.165) is 5.56 Å². The van der Waals surface area contributed by atoms with Gasteiger partial charge in [-0.3, -0.25) is 4.79 Å². The molecule has 0 heterocycles. The Kier molecular flexibility index (Phi) is 7.61. The van der Waals surface area contributed by atoms with E-state index in [0.29, 0.717) is 30.2 Å². The van der Waals surface area contributed by atoms with Crippen molar-refractivity contribution in [2.75, 3.05) is 19.0 Å². The topological polar surface area (TPSA) is 100 Å². The van der Waals surface area contributed by atoms with Crippen LogP contribution in [-0.2, 0) is 16.1 Å². The number of nitrogens with one attached hydrogen (secondary N) is 2. The Labute approximate surface area is 163 Å². The Bertz CT molecular complexity index is 881. The number of methoxy groups -OCH3 is 1. The molecule has 0 spiro atoms. The van der Waals surface area contributed by atoms with Crippen molar-refractivity contribution in [1.29, 1.82) is 5.26 Å². The van der Waals surface area contributed by atoms with Crippen LogP contribution in [-0.4, -0.2) is 25.6 Å². The highest BCUT2D eigenvalue weighted by atomic mass is 16.5. The van der Waals surface area contributed by atoms with Gasteiger partial charge in [-0.15, -0.1) is 0 Å². The van der Waals surface area contributed by atoms with Gasteiger partial charge in [0, 0.05) is 18.4 Å². The van der Waals surface area contributed by atoms with E-state index in [1.165, 1.54) is 6.20 Å². The van der Waals surface area contributed by atoms with Crippen LogP contribution in [0.15, 0.2) is 60.3 Å². The van der Waals surface area contributed by atoms with Crippen molar-refractivity contribution >= 4 is 17.6 Å². The highest BCUT2D eigenvalue weighted by Crippen LogP contribution is 2.15. The normalized spacial score (nSPS) is 10.5. The lowest BCUT2D eigenvalue weighted by atomic mass is 10.1. The van der Waals surface area contributed by atoms with Gasteiger partial charge >= 0.3 is 5.97 Å². The molecule has 2 aromatic rings. The van der Waals surface area contributed by atoms with Crippen LogP contribution in [0.2, 0.25) is 0 Å².